The number of fused-ring (bicyclic) bond motifs is 1. The first-order chi connectivity index (χ1) is 20.0. The lowest BCUT2D eigenvalue weighted by molar-refractivity contribution is -0.143. The van der Waals surface area contributed by atoms with Gasteiger partial charge in [-0.1, -0.05) is 0 Å². The van der Waals surface area contributed by atoms with Gasteiger partial charge in [-0.3, -0.25) is 9.36 Å². The summed E-state index contributed by atoms with van der Waals surface area (Å²) in [5, 5.41) is -0.0592. The minimum Gasteiger partial charge on any atom is -0.466 e. The van der Waals surface area contributed by atoms with Gasteiger partial charge in [-0.2, -0.15) is 18.2 Å². The molecule has 0 fully saturated rings. The fraction of sp³-hybridized carbons (Fsp3) is 0.107. The molecule has 2 aromatic carbocycles. The quantitative estimate of drug-likeness (QED) is 0.183. The van der Waals surface area contributed by atoms with E-state index in [-0.39, 0.29) is 39.5 Å². The molecule has 0 unspecified atom stereocenters. The Morgan fingerprint density at radius 1 is 1.00 bits per heavy atom. The molecule has 0 saturated carbocycles. The largest absolute Gasteiger partial charge is 0.466 e. The fourth-order valence-electron chi connectivity index (χ4n) is 3.97. The first-order valence-corrected chi connectivity index (χ1v) is 11.9. The molecule has 42 heavy (non-hydrogen) atoms. The Bertz CT molecular complexity index is 1880. The van der Waals surface area contributed by atoms with Crippen molar-refractivity contribution in [3.05, 3.63) is 101 Å². The Labute approximate surface area is 232 Å². The zero-order chi connectivity index (χ0) is 30.0. The van der Waals surface area contributed by atoms with E-state index < -0.39 is 47.4 Å². The van der Waals surface area contributed by atoms with Gasteiger partial charge in [-0.15, -0.1) is 0 Å². The molecule has 5 rings (SSSR count). The molecule has 0 amide bonds. The number of halogens is 5. The number of rotatable bonds is 7. The van der Waals surface area contributed by atoms with E-state index in [0.717, 1.165) is 43.9 Å². The summed E-state index contributed by atoms with van der Waals surface area (Å²) < 4.78 is 85.4. The summed E-state index contributed by atoms with van der Waals surface area (Å²) in [6.45, 7) is -0.494. The minimum absolute atomic E-state index is 0.0592. The van der Waals surface area contributed by atoms with Gasteiger partial charge in [0.1, 0.15) is 35.0 Å². The summed E-state index contributed by atoms with van der Waals surface area (Å²) >= 11 is 0. The second-order valence-corrected chi connectivity index (χ2v) is 8.56. The standard InChI is InChI=1S/C28H17F5N4O5/c1-40-24(38)13-41-23-9-8-22(25(36-23)17-6-4-15(29)11-20(17)30)37-14-35-26(39)18-12-16(5-7-21(18)37)42-27-19(28(31,32)33)3-2-10-34-27/h2-12,14H,13H2,1H3. The summed E-state index contributed by atoms with van der Waals surface area (Å²) in [4.78, 5) is 36.0. The molecule has 5 aromatic rings. The summed E-state index contributed by atoms with van der Waals surface area (Å²) in [6, 6.07) is 11.4. The summed E-state index contributed by atoms with van der Waals surface area (Å²) in [7, 11) is 1.16. The zero-order valence-electron chi connectivity index (χ0n) is 21.4. The second-order valence-electron chi connectivity index (χ2n) is 8.56. The molecule has 0 N–H and O–H groups in total. The van der Waals surface area contributed by atoms with Gasteiger partial charge in [0.15, 0.2) is 6.61 Å². The maximum absolute atomic E-state index is 14.9. The van der Waals surface area contributed by atoms with E-state index in [9.17, 15) is 31.5 Å². The number of hydrogen-bond donors (Lipinski definition) is 0. The molecule has 9 nitrogen and oxygen atoms in total. The van der Waals surface area contributed by atoms with Crippen molar-refractivity contribution in [2.24, 2.45) is 0 Å². The van der Waals surface area contributed by atoms with E-state index in [0.29, 0.717) is 6.07 Å². The van der Waals surface area contributed by atoms with Gasteiger partial charge in [0.25, 0.3) is 5.56 Å². The van der Waals surface area contributed by atoms with Gasteiger partial charge in [-0.05, 0) is 48.5 Å². The number of pyridine rings is 2. The molecule has 0 saturated heterocycles. The lowest BCUT2D eigenvalue weighted by atomic mass is 10.1. The van der Waals surface area contributed by atoms with Gasteiger partial charge >= 0.3 is 12.1 Å². The van der Waals surface area contributed by atoms with Crippen LogP contribution in [0.5, 0.6) is 17.5 Å². The average Bonchev–Trinajstić information content (AvgIpc) is 2.96. The normalized spacial score (nSPS) is 11.4. The van der Waals surface area contributed by atoms with Crippen molar-refractivity contribution >= 4 is 16.9 Å². The predicted octanol–water partition coefficient (Wildman–Crippen LogP) is 5.48. The third-order valence-corrected chi connectivity index (χ3v) is 5.90. The predicted molar refractivity (Wildman–Crippen MR) is 137 cm³/mol. The summed E-state index contributed by atoms with van der Waals surface area (Å²) in [6.07, 6.45) is -2.47. The number of carbonyl (C=O) groups is 1. The molecular weight excluding hydrogens is 567 g/mol. The third kappa shape index (κ3) is 5.73. The van der Waals surface area contributed by atoms with Gasteiger partial charge in [-0.25, -0.2) is 23.5 Å². The van der Waals surface area contributed by atoms with Crippen LogP contribution in [0.15, 0.2) is 78.0 Å². The van der Waals surface area contributed by atoms with Crippen LogP contribution in [0.2, 0.25) is 0 Å². The van der Waals surface area contributed by atoms with Crippen LogP contribution in [-0.2, 0) is 15.7 Å². The first kappa shape index (κ1) is 28.1. The van der Waals surface area contributed by atoms with Crippen LogP contribution in [0.1, 0.15) is 5.56 Å². The van der Waals surface area contributed by atoms with E-state index in [4.69, 9.17) is 9.47 Å². The topological polar surface area (TPSA) is 105 Å². The van der Waals surface area contributed by atoms with Crippen molar-refractivity contribution < 1.29 is 41.0 Å². The van der Waals surface area contributed by atoms with E-state index in [1.165, 1.54) is 34.9 Å². The second kappa shape index (κ2) is 11.2. The van der Waals surface area contributed by atoms with Crippen LogP contribution in [0.25, 0.3) is 27.8 Å². The number of ether oxygens (including phenoxy) is 3. The molecule has 0 aliphatic rings. The van der Waals surface area contributed by atoms with Crippen LogP contribution in [0.3, 0.4) is 0 Å². The van der Waals surface area contributed by atoms with E-state index in [1.54, 1.807) is 0 Å². The molecule has 214 valence electrons. The number of hydrogen-bond acceptors (Lipinski definition) is 8. The Morgan fingerprint density at radius 2 is 1.81 bits per heavy atom. The number of aromatic nitrogens is 4. The van der Waals surface area contributed by atoms with Crippen LogP contribution in [0.4, 0.5) is 22.0 Å². The molecule has 3 aromatic heterocycles. The summed E-state index contributed by atoms with van der Waals surface area (Å²) in [5.41, 5.74) is -1.68. The molecule has 0 atom stereocenters. The van der Waals surface area contributed by atoms with Gasteiger partial charge in [0.2, 0.25) is 11.8 Å². The Kier molecular flexibility index (Phi) is 7.53. The molecule has 0 bridgehead atoms. The van der Waals surface area contributed by atoms with Crippen LogP contribution in [0, 0.1) is 11.6 Å². The van der Waals surface area contributed by atoms with Crippen molar-refractivity contribution in [1.29, 1.82) is 0 Å². The Morgan fingerprint density at radius 3 is 2.55 bits per heavy atom. The first-order valence-electron chi connectivity index (χ1n) is 11.9. The highest BCUT2D eigenvalue weighted by Crippen LogP contribution is 2.37. The maximum atomic E-state index is 14.9. The lowest BCUT2D eigenvalue weighted by Crippen LogP contribution is -2.15. The molecule has 0 spiro atoms. The monoisotopic (exact) mass is 584 g/mol. The molecule has 0 aliphatic heterocycles. The number of alkyl halides is 3. The SMILES string of the molecule is COC(=O)COc1ccc(-n2cnc(=O)c3cc(Oc4ncccc4C(F)(F)F)ccc32)c(-c2ccc(F)cc2F)n1. The van der Waals surface area contributed by atoms with Crippen LogP contribution < -0.4 is 15.0 Å². The highest BCUT2D eigenvalue weighted by atomic mass is 19.4. The molecular formula is C28H17F5N4O5. The van der Waals surface area contributed by atoms with Gasteiger partial charge in [0, 0.05) is 23.9 Å². The number of esters is 1. The summed E-state index contributed by atoms with van der Waals surface area (Å²) in [5.74, 6) is -3.42. The van der Waals surface area contributed by atoms with Gasteiger partial charge in [0.05, 0.1) is 23.7 Å². The van der Waals surface area contributed by atoms with Crippen molar-refractivity contribution in [2.75, 3.05) is 13.7 Å². The third-order valence-electron chi connectivity index (χ3n) is 5.90. The Hall–Kier alpha value is -5.40. The van der Waals surface area contributed by atoms with Crippen molar-refractivity contribution in [3.8, 4) is 34.5 Å². The smallest absolute Gasteiger partial charge is 0.421 e. The van der Waals surface area contributed by atoms with Gasteiger partial charge < -0.3 is 14.2 Å². The van der Waals surface area contributed by atoms with E-state index in [1.807, 2.05) is 0 Å². The maximum Gasteiger partial charge on any atom is 0.421 e. The Balaban J connectivity index is 1.63. The molecule has 3 heterocycles. The zero-order valence-corrected chi connectivity index (χ0v) is 21.4. The molecule has 0 aliphatic carbocycles. The fourth-order valence-corrected chi connectivity index (χ4v) is 3.97. The van der Waals surface area contributed by atoms with Crippen molar-refractivity contribution in [3.63, 3.8) is 0 Å². The highest BCUT2D eigenvalue weighted by molar-refractivity contribution is 5.83. The number of benzene rings is 2. The van der Waals surface area contributed by atoms with E-state index >= 15 is 0 Å². The minimum atomic E-state index is -4.74. The highest BCUT2D eigenvalue weighted by Gasteiger charge is 2.35. The van der Waals surface area contributed by atoms with Crippen LogP contribution >= 0.6 is 0 Å². The van der Waals surface area contributed by atoms with Crippen LogP contribution in [-0.4, -0.2) is 39.2 Å². The van der Waals surface area contributed by atoms with Crippen molar-refractivity contribution in [1.82, 2.24) is 19.5 Å². The lowest BCUT2D eigenvalue weighted by Gasteiger charge is -2.17. The molecule has 0 radical (unpaired) electrons. The molecule has 14 heteroatoms. The van der Waals surface area contributed by atoms with E-state index in [2.05, 4.69) is 19.7 Å². The number of methoxy groups -OCH3 is 1. The average molecular weight is 584 g/mol. The van der Waals surface area contributed by atoms with Crippen molar-refractivity contribution in [2.45, 2.75) is 6.18 Å². The number of nitrogens with zero attached hydrogens (tertiary/aromatic N) is 4. The number of carbonyl (C=O) groups excluding carboxylic acids is 1.